The topological polar surface area (TPSA) is 61.8 Å². The Hall–Kier alpha value is -4.38. The third-order valence-electron chi connectivity index (χ3n) is 6.59. The van der Waals surface area contributed by atoms with Gasteiger partial charge in [-0.3, -0.25) is 0 Å². The smallest absolute Gasteiger partial charge is 0.343 e. The summed E-state index contributed by atoms with van der Waals surface area (Å²) in [5.41, 5.74) is 3.78. The molecular weight excluding hydrogens is 500 g/mol. The Morgan fingerprint density at radius 3 is 1.80 bits per heavy atom. The molecule has 0 saturated carbocycles. The van der Waals surface area contributed by atoms with Crippen LogP contribution >= 0.6 is 0 Å². The predicted octanol–water partition coefficient (Wildman–Crippen LogP) is 8.67. The molecule has 5 nitrogen and oxygen atoms in total. The van der Waals surface area contributed by atoms with Gasteiger partial charge in [0.1, 0.15) is 18.1 Å². The molecule has 4 rings (SSSR count). The van der Waals surface area contributed by atoms with Gasteiger partial charge in [0.15, 0.2) is 0 Å². The van der Waals surface area contributed by atoms with E-state index < -0.39 is 11.9 Å². The van der Waals surface area contributed by atoms with Crippen LogP contribution in [0.4, 0.5) is 0 Å². The van der Waals surface area contributed by atoms with Crippen LogP contribution in [-0.4, -0.2) is 18.5 Å². The van der Waals surface area contributed by atoms with E-state index in [0.29, 0.717) is 16.9 Å². The van der Waals surface area contributed by atoms with Crippen molar-refractivity contribution < 1.29 is 23.8 Å². The molecule has 0 saturated heterocycles. The fraction of sp³-hybridized carbons (Fsp3) is 0.257. The minimum atomic E-state index is -0.468. The van der Waals surface area contributed by atoms with Gasteiger partial charge in [-0.15, -0.1) is 0 Å². The van der Waals surface area contributed by atoms with E-state index in [9.17, 15) is 9.59 Å². The van der Waals surface area contributed by atoms with Crippen LogP contribution in [0.25, 0.3) is 11.1 Å². The summed E-state index contributed by atoms with van der Waals surface area (Å²) < 4.78 is 16.7. The number of carbonyl (C=O) groups excluding carboxylic acids is 2. The van der Waals surface area contributed by atoms with Crippen LogP contribution in [0, 0.1) is 0 Å². The number of rotatable bonds is 14. The van der Waals surface area contributed by atoms with Gasteiger partial charge in [0, 0.05) is 0 Å². The molecule has 0 aliphatic rings. The van der Waals surface area contributed by atoms with Crippen molar-refractivity contribution in [1.29, 1.82) is 0 Å². The SMILES string of the molecule is CCCCCCCCOc1ccc(-c2ccc(C(=O)Oc3ccc(C(=O)OCc4ccccc4)cc3)cc2)cc1. The van der Waals surface area contributed by atoms with Crippen LogP contribution in [-0.2, 0) is 11.3 Å². The summed E-state index contributed by atoms with van der Waals surface area (Å²) in [5.74, 6) is 0.317. The highest BCUT2D eigenvalue weighted by atomic mass is 16.5. The molecule has 0 bridgehead atoms. The summed E-state index contributed by atoms with van der Waals surface area (Å²) in [6, 6.07) is 31.1. The molecule has 0 amide bonds. The Balaban J connectivity index is 1.23. The highest BCUT2D eigenvalue weighted by molar-refractivity contribution is 5.92. The molecule has 0 radical (unpaired) electrons. The van der Waals surface area contributed by atoms with Crippen molar-refractivity contribution in [2.75, 3.05) is 6.61 Å². The number of hydrogen-bond acceptors (Lipinski definition) is 5. The van der Waals surface area contributed by atoms with Gasteiger partial charge in [0.05, 0.1) is 17.7 Å². The first-order valence-corrected chi connectivity index (χ1v) is 14.0. The molecular formula is C35H36O5. The quantitative estimate of drug-likeness (QED) is 0.0916. The lowest BCUT2D eigenvalue weighted by atomic mass is 10.0. The van der Waals surface area contributed by atoms with Crippen LogP contribution in [0.15, 0.2) is 103 Å². The zero-order chi connectivity index (χ0) is 28.0. The van der Waals surface area contributed by atoms with Crippen molar-refractivity contribution in [3.63, 3.8) is 0 Å². The third-order valence-corrected chi connectivity index (χ3v) is 6.59. The summed E-state index contributed by atoms with van der Waals surface area (Å²) in [6.45, 7) is 3.17. The second-order valence-electron chi connectivity index (χ2n) is 9.69. The fourth-order valence-electron chi connectivity index (χ4n) is 4.25. The molecule has 0 aromatic heterocycles. The van der Waals surface area contributed by atoms with Crippen molar-refractivity contribution in [1.82, 2.24) is 0 Å². The number of carbonyl (C=O) groups is 2. The summed E-state index contributed by atoms with van der Waals surface area (Å²) in [4.78, 5) is 25.0. The Morgan fingerprint density at radius 2 is 1.12 bits per heavy atom. The van der Waals surface area contributed by atoms with E-state index in [2.05, 4.69) is 6.92 Å². The van der Waals surface area contributed by atoms with E-state index in [1.807, 2.05) is 66.7 Å². The average Bonchev–Trinajstić information content (AvgIpc) is 3.01. The van der Waals surface area contributed by atoms with Crippen LogP contribution in [0.3, 0.4) is 0 Å². The van der Waals surface area contributed by atoms with Crippen LogP contribution in [0.5, 0.6) is 11.5 Å². The largest absolute Gasteiger partial charge is 0.494 e. The number of benzene rings is 4. The summed E-state index contributed by atoms with van der Waals surface area (Å²) in [6.07, 6.45) is 7.45. The van der Waals surface area contributed by atoms with Gasteiger partial charge in [-0.2, -0.15) is 0 Å². The van der Waals surface area contributed by atoms with Gasteiger partial charge < -0.3 is 14.2 Å². The average molecular weight is 537 g/mol. The third kappa shape index (κ3) is 8.84. The number of ether oxygens (including phenoxy) is 3. The van der Waals surface area contributed by atoms with Crippen LogP contribution in [0.1, 0.15) is 71.7 Å². The van der Waals surface area contributed by atoms with E-state index in [1.54, 1.807) is 36.4 Å². The van der Waals surface area contributed by atoms with Crippen molar-refractivity contribution in [2.45, 2.75) is 52.1 Å². The first kappa shape index (κ1) is 28.6. The number of unbranched alkanes of at least 4 members (excludes halogenated alkanes) is 5. The molecule has 0 spiro atoms. The summed E-state index contributed by atoms with van der Waals surface area (Å²) >= 11 is 0. The Kier molecular flexibility index (Phi) is 10.9. The van der Waals surface area contributed by atoms with Crippen LogP contribution in [0.2, 0.25) is 0 Å². The van der Waals surface area contributed by atoms with Gasteiger partial charge in [0.2, 0.25) is 0 Å². The highest BCUT2D eigenvalue weighted by Gasteiger charge is 2.12. The van der Waals surface area contributed by atoms with Crippen LogP contribution < -0.4 is 9.47 Å². The van der Waals surface area contributed by atoms with Crippen molar-refractivity contribution >= 4 is 11.9 Å². The predicted molar refractivity (Wildman–Crippen MR) is 158 cm³/mol. The second-order valence-corrected chi connectivity index (χ2v) is 9.69. The van der Waals surface area contributed by atoms with Crippen molar-refractivity contribution in [3.05, 3.63) is 120 Å². The monoisotopic (exact) mass is 536 g/mol. The van der Waals surface area contributed by atoms with Gasteiger partial charge in [-0.25, -0.2) is 9.59 Å². The molecule has 0 fully saturated rings. The minimum Gasteiger partial charge on any atom is -0.494 e. The van der Waals surface area contributed by atoms with E-state index in [1.165, 1.54) is 32.1 Å². The van der Waals surface area contributed by atoms with E-state index in [4.69, 9.17) is 14.2 Å². The molecule has 5 heteroatoms. The zero-order valence-corrected chi connectivity index (χ0v) is 23.0. The Bertz CT molecular complexity index is 1330. The summed E-state index contributed by atoms with van der Waals surface area (Å²) in [7, 11) is 0. The first-order chi connectivity index (χ1) is 19.6. The molecule has 0 aliphatic carbocycles. The Labute approximate surface area is 236 Å². The minimum absolute atomic E-state index is 0.198. The van der Waals surface area contributed by atoms with Gasteiger partial charge >= 0.3 is 11.9 Å². The first-order valence-electron chi connectivity index (χ1n) is 14.0. The molecule has 4 aromatic carbocycles. The van der Waals surface area contributed by atoms with Gasteiger partial charge in [-0.05, 0) is 71.6 Å². The highest BCUT2D eigenvalue weighted by Crippen LogP contribution is 2.24. The van der Waals surface area contributed by atoms with E-state index >= 15 is 0 Å². The summed E-state index contributed by atoms with van der Waals surface area (Å²) in [5, 5.41) is 0. The molecule has 0 aliphatic heterocycles. The van der Waals surface area contributed by atoms with Gasteiger partial charge in [-0.1, -0.05) is 93.6 Å². The molecule has 206 valence electrons. The Morgan fingerprint density at radius 1 is 0.575 bits per heavy atom. The molecule has 0 heterocycles. The van der Waals surface area contributed by atoms with E-state index in [0.717, 1.165) is 35.5 Å². The zero-order valence-electron chi connectivity index (χ0n) is 23.0. The molecule has 0 unspecified atom stereocenters. The van der Waals surface area contributed by atoms with Crippen molar-refractivity contribution in [3.8, 4) is 22.6 Å². The lowest BCUT2D eigenvalue weighted by Crippen LogP contribution is -2.09. The maximum absolute atomic E-state index is 12.7. The fourth-order valence-corrected chi connectivity index (χ4v) is 4.25. The maximum Gasteiger partial charge on any atom is 0.343 e. The lowest BCUT2D eigenvalue weighted by molar-refractivity contribution is 0.0472. The second kappa shape index (κ2) is 15.3. The standard InChI is InChI=1S/C35H36O5/c1-2-3-4-5-6-10-25-38-32-21-17-29(18-22-32)28-13-15-31(16-14-28)35(37)40-33-23-19-30(20-24-33)34(36)39-26-27-11-8-7-9-12-27/h7-9,11-24H,2-6,10,25-26H2,1H3. The lowest BCUT2D eigenvalue weighted by Gasteiger charge is -2.09. The van der Waals surface area contributed by atoms with Gasteiger partial charge in [0.25, 0.3) is 0 Å². The molecule has 0 atom stereocenters. The molecule has 40 heavy (non-hydrogen) atoms. The maximum atomic E-state index is 12.7. The molecule has 0 N–H and O–H groups in total. The van der Waals surface area contributed by atoms with E-state index in [-0.39, 0.29) is 6.61 Å². The van der Waals surface area contributed by atoms with Crippen molar-refractivity contribution in [2.24, 2.45) is 0 Å². The normalized spacial score (nSPS) is 10.6. The number of esters is 2. The number of hydrogen-bond donors (Lipinski definition) is 0. The molecule has 4 aromatic rings.